The van der Waals surface area contributed by atoms with Crippen LogP contribution in [0.15, 0.2) is 56.9 Å². The van der Waals surface area contributed by atoms with E-state index < -0.39 is 6.04 Å². The fourth-order valence-electron chi connectivity index (χ4n) is 2.36. The van der Waals surface area contributed by atoms with Gasteiger partial charge in [-0.15, -0.1) is 0 Å². The molecule has 1 heterocycles. The number of anilines is 1. The Morgan fingerprint density at radius 3 is 2.70 bits per heavy atom. The molecule has 23 heavy (non-hydrogen) atoms. The molecule has 3 rings (SSSR count). The molecule has 1 aliphatic rings. The summed E-state index contributed by atoms with van der Waals surface area (Å²) in [4.78, 5) is 32.7. The summed E-state index contributed by atoms with van der Waals surface area (Å²) >= 11 is 3.40. The average molecular weight is 372 g/mol. The maximum absolute atomic E-state index is 12.4. The Balaban J connectivity index is 2.11. The molecule has 2 amide bonds. The van der Waals surface area contributed by atoms with Crippen molar-refractivity contribution in [3.8, 4) is 0 Å². The van der Waals surface area contributed by atoms with Crippen LogP contribution in [-0.2, 0) is 9.59 Å². The summed E-state index contributed by atoms with van der Waals surface area (Å²) in [5.74, 6) is -0.456. The van der Waals surface area contributed by atoms with E-state index in [2.05, 4.69) is 31.2 Å². The minimum atomic E-state index is -0.755. The molecule has 0 spiro atoms. The minimum Gasteiger partial charge on any atom is -0.326 e. The molecule has 0 saturated heterocycles. The largest absolute Gasteiger partial charge is 0.326 e. The van der Waals surface area contributed by atoms with Gasteiger partial charge in [-0.2, -0.15) is 0 Å². The molecule has 0 radical (unpaired) electrons. The topological polar surface area (TPSA) is 70.9 Å². The van der Waals surface area contributed by atoms with Crippen molar-refractivity contribution in [1.82, 2.24) is 0 Å². The van der Waals surface area contributed by atoms with E-state index in [0.717, 1.165) is 4.47 Å². The van der Waals surface area contributed by atoms with Gasteiger partial charge in [0, 0.05) is 22.1 Å². The predicted molar refractivity (Wildman–Crippen MR) is 89.6 cm³/mol. The van der Waals surface area contributed by atoms with Gasteiger partial charge in [-0.3, -0.25) is 14.6 Å². The van der Waals surface area contributed by atoms with Gasteiger partial charge in [0.25, 0.3) is 5.91 Å². The zero-order chi connectivity index (χ0) is 16.4. The van der Waals surface area contributed by atoms with Gasteiger partial charge in [0.1, 0.15) is 0 Å². The maximum Gasteiger partial charge on any atom is 0.275 e. The first-order valence-electron chi connectivity index (χ1n) is 7.23. The normalized spacial score (nSPS) is 16.1. The minimum absolute atomic E-state index is 0.117. The van der Waals surface area contributed by atoms with Crippen LogP contribution in [0.4, 0.5) is 5.69 Å². The summed E-state index contributed by atoms with van der Waals surface area (Å²) in [6.45, 7) is 1.77. The number of nitrogens with one attached hydrogen (secondary N) is 1. The number of hydrogen-bond donors (Lipinski definition) is 1. The third-order valence-corrected chi connectivity index (χ3v) is 4.01. The molecular weight excluding hydrogens is 358 g/mol. The lowest BCUT2D eigenvalue weighted by Crippen LogP contribution is -2.33. The van der Waals surface area contributed by atoms with Crippen LogP contribution in [0.25, 0.3) is 0 Å². The van der Waals surface area contributed by atoms with Crippen LogP contribution in [0.1, 0.15) is 24.9 Å². The van der Waals surface area contributed by atoms with Crippen LogP contribution >= 0.6 is 15.9 Å². The van der Waals surface area contributed by atoms with Gasteiger partial charge >= 0.3 is 0 Å². The molecule has 6 heteroatoms. The van der Waals surface area contributed by atoms with Crippen molar-refractivity contribution >= 4 is 33.4 Å². The molecule has 0 aromatic heterocycles. The van der Waals surface area contributed by atoms with E-state index in [1.807, 2.05) is 24.3 Å². The van der Waals surface area contributed by atoms with Crippen molar-refractivity contribution in [1.29, 1.82) is 0 Å². The summed E-state index contributed by atoms with van der Waals surface area (Å²) in [5, 5.41) is 4.06. The van der Waals surface area contributed by atoms with E-state index in [1.54, 1.807) is 25.1 Å². The molecular formula is C17H14BrN3O2. The zero-order valence-electron chi connectivity index (χ0n) is 12.4. The first kappa shape index (κ1) is 15.6. The smallest absolute Gasteiger partial charge is 0.275 e. The lowest BCUT2D eigenvalue weighted by Gasteiger charge is -2.17. The zero-order valence-corrected chi connectivity index (χ0v) is 14.0. The first-order valence-corrected chi connectivity index (χ1v) is 8.02. The maximum atomic E-state index is 12.4. The average Bonchev–Trinajstić information content (AvgIpc) is 2.55. The lowest BCUT2D eigenvalue weighted by atomic mass is 10.0. The summed E-state index contributed by atoms with van der Waals surface area (Å²) < 4.78 is 0.809. The third kappa shape index (κ3) is 3.22. The summed E-state index contributed by atoms with van der Waals surface area (Å²) in [6, 6.07) is 11.9. The Labute approximate surface area is 141 Å². The molecule has 0 fully saturated rings. The van der Waals surface area contributed by atoms with E-state index in [-0.39, 0.29) is 11.8 Å². The third-order valence-electron chi connectivity index (χ3n) is 3.52. The second-order valence-electron chi connectivity index (χ2n) is 5.10. The van der Waals surface area contributed by atoms with Crippen molar-refractivity contribution in [2.24, 2.45) is 9.98 Å². The Kier molecular flexibility index (Phi) is 4.34. The fourth-order valence-corrected chi connectivity index (χ4v) is 2.74. The number of para-hydroxylation sites is 2. The highest BCUT2D eigenvalue weighted by Crippen LogP contribution is 2.30. The van der Waals surface area contributed by atoms with Crippen LogP contribution in [0.2, 0.25) is 0 Å². The molecule has 0 bridgehead atoms. The quantitative estimate of drug-likeness (QED) is 0.898. The van der Waals surface area contributed by atoms with Crippen molar-refractivity contribution < 1.29 is 9.59 Å². The molecule has 2 aromatic carbocycles. The molecule has 0 saturated carbocycles. The summed E-state index contributed by atoms with van der Waals surface area (Å²) in [6.07, 6.45) is 0.360. The predicted octanol–water partition coefficient (Wildman–Crippen LogP) is 2.32. The molecule has 2 aromatic rings. The highest BCUT2D eigenvalue weighted by molar-refractivity contribution is 9.10. The summed E-state index contributed by atoms with van der Waals surface area (Å²) in [5.41, 5.74) is 1.21. The van der Waals surface area contributed by atoms with Crippen LogP contribution in [0.5, 0.6) is 0 Å². The number of benzene rings is 2. The van der Waals surface area contributed by atoms with Crippen LogP contribution in [-0.4, -0.2) is 11.8 Å². The van der Waals surface area contributed by atoms with Gasteiger partial charge in [0.15, 0.2) is 6.04 Å². The number of rotatable bonds is 3. The van der Waals surface area contributed by atoms with Crippen molar-refractivity contribution in [2.45, 2.75) is 19.4 Å². The summed E-state index contributed by atoms with van der Waals surface area (Å²) in [7, 11) is 0. The van der Waals surface area contributed by atoms with E-state index >= 15 is 0 Å². The van der Waals surface area contributed by atoms with Crippen molar-refractivity contribution in [3.05, 3.63) is 63.2 Å². The second-order valence-corrected chi connectivity index (χ2v) is 6.02. The number of amides is 2. The molecule has 116 valence electrons. The van der Waals surface area contributed by atoms with Gasteiger partial charge in [0.2, 0.25) is 5.91 Å². The van der Waals surface area contributed by atoms with Crippen LogP contribution < -0.4 is 16.0 Å². The SMILES string of the molecule is CCC(=O)Nc1ccc(Br)cc1C1N=c2ccccc2=NC1=O. The monoisotopic (exact) mass is 371 g/mol. The van der Waals surface area contributed by atoms with Crippen molar-refractivity contribution in [2.75, 3.05) is 5.32 Å². The Morgan fingerprint density at radius 1 is 1.22 bits per heavy atom. The van der Waals surface area contributed by atoms with Crippen molar-refractivity contribution in [3.63, 3.8) is 0 Å². The molecule has 1 N–H and O–H groups in total. The molecule has 0 aliphatic carbocycles. The van der Waals surface area contributed by atoms with Gasteiger partial charge in [-0.1, -0.05) is 35.0 Å². The number of halogens is 1. The fraction of sp³-hybridized carbons (Fsp3) is 0.176. The second kappa shape index (κ2) is 6.42. The Hall–Kier alpha value is -2.34. The Morgan fingerprint density at radius 2 is 1.96 bits per heavy atom. The van der Waals surface area contributed by atoms with Crippen LogP contribution in [0.3, 0.4) is 0 Å². The van der Waals surface area contributed by atoms with E-state index in [9.17, 15) is 9.59 Å². The van der Waals surface area contributed by atoms with E-state index in [0.29, 0.717) is 28.4 Å². The Bertz CT molecular complexity index is 908. The van der Waals surface area contributed by atoms with Gasteiger partial charge in [-0.25, -0.2) is 4.99 Å². The standard InChI is InChI=1S/C17H14BrN3O2/c1-2-15(22)19-12-8-7-10(18)9-11(12)16-17(23)21-14-6-4-3-5-13(14)20-16/h3-9,16H,2H2,1H3,(H,19,22). The number of carbonyl (C=O) groups excluding carboxylic acids is 2. The number of nitrogens with zero attached hydrogens (tertiary/aromatic N) is 2. The van der Waals surface area contributed by atoms with Gasteiger partial charge < -0.3 is 5.32 Å². The van der Waals surface area contributed by atoms with E-state index in [4.69, 9.17) is 0 Å². The molecule has 5 nitrogen and oxygen atoms in total. The number of carbonyl (C=O) groups is 2. The molecule has 1 atom stereocenters. The van der Waals surface area contributed by atoms with E-state index in [1.165, 1.54) is 0 Å². The van der Waals surface area contributed by atoms with Crippen LogP contribution in [0, 0.1) is 0 Å². The lowest BCUT2D eigenvalue weighted by molar-refractivity contribution is -0.119. The highest BCUT2D eigenvalue weighted by Gasteiger charge is 2.25. The van der Waals surface area contributed by atoms with Gasteiger partial charge in [-0.05, 0) is 30.3 Å². The first-order chi connectivity index (χ1) is 11.1. The number of hydrogen-bond acceptors (Lipinski definition) is 3. The number of fused-ring (bicyclic) bond motifs is 1. The molecule has 1 aliphatic heterocycles. The molecule has 1 unspecified atom stereocenters. The van der Waals surface area contributed by atoms with Gasteiger partial charge in [0.05, 0.1) is 10.7 Å². The highest BCUT2D eigenvalue weighted by atomic mass is 79.9.